The summed E-state index contributed by atoms with van der Waals surface area (Å²) in [7, 11) is 0. The van der Waals surface area contributed by atoms with Crippen LogP contribution in [0.25, 0.3) is 6.08 Å². The number of hydrogen-bond acceptors (Lipinski definition) is 6. The first-order valence-corrected chi connectivity index (χ1v) is 11.7. The van der Waals surface area contributed by atoms with Crippen LogP contribution in [-0.2, 0) is 14.4 Å². The van der Waals surface area contributed by atoms with Gasteiger partial charge in [-0.3, -0.25) is 19.7 Å². The van der Waals surface area contributed by atoms with Crippen LogP contribution >= 0.6 is 0 Å². The van der Waals surface area contributed by atoms with Crippen LogP contribution in [0.4, 0.5) is 20.6 Å². The van der Waals surface area contributed by atoms with E-state index in [0.717, 1.165) is 22.6 Å². The van der Waals surface area contributed by atoms with Gasteiger partial charge < -0.3 is 14.8 Å². The van der Waals surface area contributed by atoms with Crippen molar-refractivity contribution < 1.29 is 33.0 Å². The molecule has 0 radical (unpaired) electrons. The number of imide groups is 2. The monoisotopic (exact) mass is 517 g/mol. The van der Waals surface area contributed by atoms with Crippen LogP contribution in [0, 0.1) is 12.7 Å². The van der Waals surface area contributed by atoms with Gasteiger partial charge in [-0.25, -0.2) is 14.1 Å². The summed E-state index contributed by atoms with van der Waals surface area (Å²) in [5.41, 5.74) is 1.87. The van der Waals surface area contributed by atoms with E-state index in [-0.39, 0.29) is 36.1 Å². The number of halogens is 1. The highest BCUT2D eigenvalue weighted by Crippen LogP contribution is 2.30. The SMILES string of the molecule is CCOc1cc(/C=C2\C(=O)NC(=O)N(c3ccc(F)cc3)C2=O)ccc1OCC(=O)Nc1cccc(C)c1. The first-order chi connectivity index (χ1) is 18.2. The maximum absolute atomic E-state index is 13.3. The Balaban J connectivity index is 1.53. The van der Waals surface area contributed by atoms with Crippen molar-refractivity contribution in [3.05, 3.63) is 89.2 Å². The molecular weight excluding hydrogens is 493 g/mol. The molecule has 9 nitrogen and oxygen atoms in total. The Labute approximate surface area is 217 Å². The zero-order valence-corrected chi connectivity index (χ0v) is 20.6. The van der Waals surface area contributed by atoms with E-state index < -0.39 is 23.7 Å². The number of hydrogen-bond donors (Lipinski definition) is 2. The predicted octanol–water partition coefficient (Wildman–Crippen LogP) is 4.22. The van der Waals surface area contributed by atoms with E-state index in [2.05, 4.69) is 10.6 Å². The fourth-order valence-electron chi connectivity index (χ4n) is 3.71. The molecule has 0 aromatic heterocycles. The van der Waals surface area contributed by atoms with E-state index in [1.165, 1.54) is 18.2 Å². The lowest BCUT2D eigenvalue weighted by atomic mass is 10.1. The van der Waals surface area contributed by atoms with Crippen molar-refractivity contribution >= 4 is 41.2 Å². The summed E-state index contributed by atoms with van der Waals surface area (Å²) in [5.74, 6) is -2.06. The molecule has 0 saturated carbocycles. The molecule has 1 fully saturated rings. The zero-order valence-electron chi connectivity index (χ0n) is 20.6. The molecule has 1 aliphatic rings. The lowest BCUT2D eigenvalue weighted by Gasteiger charge is -2.26. The second-order valence-electron chi connectivity index (χ2n) is 8.28. The smallest absolute Gasteiger partial charge is 0.335 e. The lowest BCUT2D eigenvalue weighted by molar-refractivity contribution is -0.122. The summed E-state index contributed by atoms with van der Waals surface area (Å²) >= 11 is 0. The van der Waals surface area contributed by atoms with E-state index in [1.54, 1.807) is 31.2 Å². The standard InChI is InChI=1S/C28H24FN3O6/c1-3-37-24-15-18(7-12-23(24)38-16-25(33)30-20-6-4-5-17(2)13-20)14-22-26(34)31-28(36)32(27(22)35)21-10-8-19(29)9-11-21/h4-15H,3,16H2,1-2H3,(H,30,33)(H,31,34,36)/b22-14+. The third kappa shape index (κ3) is 6.04. The highest BCUT2D eigenvalue weighted by Gasteiger charge is 2.36. The van der Waals surface area contributed by atoms with Gasteiger partial charge in [-0.2, -0.15) is 0 Å². The molecule has 194 valence electrons. The molecule has 10 heteroatoms. The fourth-order valence-corrected chi connectivity index (χ4v) is 3.71. The van der Waals surface area contributed by atoms with Gasteiger partial charge in [0.1, 0.15) is 11.4 Å². The summed E-state index contributed by atoms with van der Waals surface area (Å²) in [6, 6.07) is 15.8. The second kappa shape index (κ2) is 11.4. The average Bonchev–Trinajstić information content (AvgIpc) is 2.87. The van der Waals surface area contributed by atoms with Crippen molar-refractivity contribution in [3.63, 3.8) is 0 Å². The van der Waals surface area contributed by atoms with Crippen LogP contribution in [0.1, 0.15) is 18.1 Å². The number of benzene rings is 3. The van der Waals surface area contributed by atoms with Gasteiger partial charge in [0, 0.05) is 5.69 Å². The maximum atomic E-state index is 13.3. The van der Waals surface area contributed by atoms with Gasteiger partial charge in [-0.15, -0.1) is 0 Å². The number of amides is 5. The van der Waals surface area contributed by atoms with Gasteiger partial charge in [0.05, 0.1) is 12.3 Å². The van der Waals surface area contributed by atoms with Gasteiger partial charge >= 0.3 is 6.03 Å². The second-order valence-corrected chi connectivity index (χ2v) is 8.28. The van der Waals surface area contributed by atoms with Crippen LogP contribution < -0.4 is 25.0 Å². The fraction of sp³-hybridized carbons (Fsp3) is 0.143. The molecule has 0 unspecified atom stereocenters. The molecule has 0 spiro atoms. The third-order valence-electron chi connectivity index (χ3n) is 5.43. The number of barbiturate groups is 1. The van der Waals surface area contributed by atoms with E-state index in [0.29, 0.717) is 17.0 Å². The molecule has 0 aliphatic carbocycles. The first kappa shape index (κ1) is 26.1. The predicted molar refractivity (Wildman–Crippen MR) is 138 cm³/mol. The summed E-state index contributed by atoms with van der Waals surface area (Å²) < 4.78 is 24.6. The quantitative estimate of drug-likeness (QED) is 0.342. The summed E-state index contributed by atoms with van der Waals surface area (Å²) in [6.45, 7) is 3.70. The molecule has 1 heterocycles. The van der Waals surface area contributed by atoms with Crippen molar-refractivity contribution in [1.29, 1.82) is 0 Å². The maximum Gasteiger partial charge on any atom is 0.335 e. The van der Waals surface area contributed by atoms with Crippen molar-refractivity contribution in [2.75, 3.05) is 23.4 Å². The van der Waals surface area contributed by atoms with Gasteiger partial charge in [-0.1, -0.05) is 18.2 Å². The molecular formula is C28H24FN3O6. The number of aryl methyl sites for hydroxylation is 1. The van der Waals surface area contributed by atoms with Crippen LogP contribution in [0.3, 0.4) is 0 Å². The van der Waals surface area contributed by atoms with Gasteiger partial charge in [0.15, 0.2) is 18.1 Å². The Bertz CT molecular complexity index is 1430. The molecule has 1 aliphatic heterocycles. The molecule has 3 aromatic rings. The van der Waals surface area contributed by atoms with Gasteiger partial charge in [0.25, 0.3) is 17.7 Å². The number of nitrogens with zero attached hydrogens (tertiary/aromatic N) is 1. The topological polar surface area (TPSA) is 114 Å². The Morgan fingerprint density at radius 1 is 1.00 bits per heavy atom. The number of urea groups is 1. The molecule has 5 amide bonds. The lowest BCUT2D eigenvalue weighted by Crippen LogP contribution is -2.54. The number of nitrogens with one attached hydrogen (secondary N) is 2. The van der Waals surface area contributed by atoms with E-state index >= 15 is 0 Å². The number of ether oxygens (including phenoxy) is 2. The molecule has 3 aromatic carbocycles. The van der Waals surface area contributed by atoms with Crippen LogP contribution in [0.15, 0.2) is 72.3 Å². The van der Waals surface area contributed by atoms with Crippen molar-refractivity contribution in [3.8, 4) is 11.5 Å². The third-order valence-corrected chi connectivity index (χ3v) is 5.43. The Morgan fingerprint density at radius 2 is 1.76 bits per heavy atom. The van der Waals surface area contributed by atoms with Crippen molar-refractivity contribution in [2.24, 2.45) is 0 Å². The normalized spacial score (nSPS) is 14.3. The van der Waals surface area contributed by atoms with E-state index in [1.807, 2.05) is 25.1 Å². The van der Waals surface area contributed by atoms with E-state index in [9.17, 15) is 23.6 Å². The summed E-state index contributed by atoms with van der Waals surface area (Å²) in [6.07, 6.45) is 1.30. The minimum atomic E-state index is -0.938. The molecule has 0 bridgehead atoms. The molecule has 1 saturated heterocycles. The van der Waals surface area contributed by atoms with Crippen LogP contribution in [0.2, 0.25) is 0 Å². The number of rotatable bonds is 8. The van der Waals surface area contributed by atoms with Crippen LogP contribution in [0.5, 0.6) is 11.5 Å². The van der Waals surface area contributed by atoms with Gasteiger partial charge in [-0.05, 0) is 79.6 Å². The molecule has 4 rings (SSSR count). The Hall–Kier alpha value is -4.99. The van der Waals surface area contributed by atoms with Crippen molar-refractivity contribution in [2.45, 2.75) is 13.8 Å². The molecule has 38 heavy (non-hydrogen) atoms. The summed E-state index contributed by atoms with van der Waals surface area (Å²) in [4.78, 5) is 50.9. The zero-order chi connectivity index (χ0) is 27.2. The minimum absolute atomic E-state index is 0.106. The Morgan fingerprint density at radius 3 is 2.47 bits per heavy atom. The van der Waals surface area contributed by atoms with Crippen molar-refractivity contribution in [1.82, 2.24) is 5.32 Å². The average molecular weight is 518 g/mol. The largest absolute Gasteiger partial charge is 0.490 e. The van der Waals surface area contributed by atoms with E-state index in [4.69, 9.17) is 9.47 Å². The summed E-state index contributed by atoms with van der Waals surface area (Å²) in [5, 5.41) is 4.87. The first-order valence-electron chi connectivity index (χ1n) is 11.7. The highest BCUT2D eigenvalue weighted by molar-refractivity contribution is 6.39. The van der Waals surface area contributed by atoms with Gasteiger partial charge in [0.2, 0.25) is 0 Å². The minimum Gasteiger partial charge on any atom is -0.490 e. The number of carbonyl (C=O) groups excluding carboxylic acids is 4. The number of carbonyl (C=O) groups is 4. The molecule has 2 N–H and O–H groups in total. The highest BCUT2D eigenvalue weighted by atomic mass is 19.1. The Kier molecular flexibility index (Phi) is 7.81. The number of anilines is 2. The van der Waals surface area contributed by atoms with Crippen LogP contribution in [-0.4, -0.2) is 37.0 Å². The molecule has 0 atom stereocenters.